The van der Waals surface area contributed by atoms with E-state index in [0.717, 1.165) is 50.1 Å². The Morgan fingerprint density at radius 2 is 2.00 bits per heavy atom. The molecule has 2 fully saturated rings. The third kappa shape index (κ3) is 4.13. The highest BCUT2D eigenvalue weighted by Crippen LogP contribution is 2.44. The first kappa shape index (κ1) is 19.0. The van der Waals surface area contributed by atoms with Crippen LogP contribution in [0.3, 0.4) is 0 Å². The normalized spacial score (nSPS) is 25.3. The van der Waals surface area contributed by atoms with Crippen LogP contribution >= 0.6 is 0 Å². The Hall–Kier alpha value is -1.77. The highest BCUT2D eigenvalue weighted by Gasteiger charge is 2.40. The van der Waals surface area contributed by atoms with Crippen LogP contribution in [0, 0.1) is 11.8 Å². The van der Waals surface area contributed by atoms with Crippen LogP contribution in [0.5, 0.6) is 0 Å². The molecule has 0 aliphatic heterocycles. The maximum atomic E-state index is 12.9. The van der Waals surface area contributed by atoms with Crippen LogP contribution in [0.15, 0.2) is 24.3 Å². The third-order valence-electron chi connectivity index (χ3n) is 5.23. The molecule has 3 rings (SSSR count). The Morgan fingerprint density at radius 1 is 1.27 bits per heavy atom. The Labute approximate surface area is 150 Å². The fourth-order valence-electron chi connectivity index (χ4n) is 4.04. The summed E-state index contributed by atoms with van der Waals surface area (Å²) in [6.45, 7) is -0.534. The number of carbonyl (C=O) groups excluding carboxylic acids is 1. The van der Waals surface area contributed by atoms with Crippen LogP contribution in [-0.4, -0.2) is 33.2 Å². The van der Waals surface area contributed by atoms with Crippen molar-refractivity contribution in [1.82, 2.24) is 5.32 Å². The summed E-state index contributed by atoms with van der Waals surface area (Å²) in [4.78, 5) is 12.3. The highest BCUT2D eigenvalue weighted by atomic mass is 32.2. The van der Waals surface area contributed by atoms with Crippen LogP contribution in [0.1, 0.15) is 31.2 Å². The molecule has 0 aromatic heterocycles. The quantitative estimate of drug-likeness (QED) is 0.841. The second-order valence-electron chi connectivity index (χ2n) is 7.17. The maximum absolute atomic E-state index is 12.9. The van der Waals surface area contributed by atoms with E-state index in [2.05, 4.69) is 5.32 Å². The van der Waals surface area contributed by atoms with Gasteiger partial charge in [-0.15, -0.1) is 0 Å². The van der Waals surface area contributed by atoms with Gasteiger partial charge in [0.2, 0.25) is 15.9 Å². The first-order valence-corrected chi connectivity index (χ1v) is 10.3. The number of hydrogen-bond donors (Lipinski definition) is 1. The highest BCUT2D eigenvalue weighted by molar-refractivity contribution is 7.92. The minimum Gasteiger partial charge on any atom is -0.352 e. The number of hydrogen-bond acceptors (Lipinski definition) is 3. The third-order valence-corrected chi connectivity index (χ3v) is 6.37. The molecule has 5 nitrogen and oxygen atoms in total. The Kier molecular flexibility index (Phi) is 4.94. The Morgan fingerprint density at radius 3 is 2.54 bits per heavy atom. The van der Waals surface area contributed by atoms with Crippen LogP contribution < -0.4 is 9.62 Å². The number of benzene rings is 1. The zero-order chi connectivity index (χ0) is 19.1. The average molecular weight is 390 g/mol. The monoisotopic (exact) mass is 390 g/mol. The summed E-state index contributed by atoms with van der Waals surface area (Å²) < 4.78 is 63.5. The molecule has 26 heavy (non-hydrogen) atoms. The molecular formula is C17H21F3N2O3S. The molecule has 0 radical (unpaired) electrons. The molecule has 2 aliphatic rings. The minimum atomic E-state index is -4.59. The van der Waals surface area contributed by atoms with E-state index in [1.165, 1.54) is 6.07 Å². The van der Waals surface area contributed by atoms with Gasteiger partial charge in [-0.3, -0.25) is 9.10 Å². The first-order valence-electron chi connectivity index (χ1n) is 8.48. The summed E-state index contributed by atoms with van der Waals surface area (Å²) in [6.07, 6.45) is 0.464. The second-order valence-corrected chi connectivity index (χ2v) is 9.07. The average Bonchev–Trinajstić information content (AvgIpc) is 3.13. The van der Waals surface area contributed by atoms with Gasteiger partial charge in [-0.05, 0) is 49.3 Å². The molecule has 1 amide bonds. The smallest absolute Gasteiger partial charge is 0.352 e. The first-order chi connectivity index (χ1) is 12.0. The predicted molar refractivity (Wildman–Crippen MR) is 91.0 cm³/mol. The summed E-state index contributed by atoms with van der Waals surface area (Å²) in [5.41, 5.74) is -1.14. The van der Waals surface area contributed by atoms with Crippen molar-refractivity contribution < 1.29 is 26.4 Å². The number of halogens is 3. The molecule has 144 valence electrons. The van der Waals surface area contributed by atoms with Crippen molar-refractivity contribution in [3.63, 3.8) is 0 Å². The van der Waals surface area contributed by atoms with E-state index in [9.17, 15) is 26.4 Å². The number of anilines is 1. The predicted octanol–water partition coefficient (Wildman–Crippen LogP) is 2.78. The van der Waals surface area contributed by atoms with Crippen LogP contribution in [0.25, 0.3) is 0 Å². The molecule has 0 saturated heterocycles. The molecule has 2 aliphatic carbocycles. The summed E-state index contributed by atoms with van der Waals surface area (Å²) in [5, 5.41) is 2.86. The Balaban J connectivity index is 1.76. The van der Waals surface area contributed by atoms with Gasteiger partial charge in [0.1, 0.15) is 6.54 Å². The van der Waals surface area contributed by atoms with Crippen LogP contribution in [0.4, 0.5) is 18.9 Å². The van der Waals surface area contributed by atoms with Crippen molar-refractivity contribution in [3.8, 4) is 0 Å². The van der Waals surface area contributed by atoms with Crippen LogP contribution in [-0.2, 0) is 21.0 Å². The SMILES string of the molecule is CS(=O)(=O)N(CC(=O)N[C@H]1C[C@H]2CC[C@H]1C2)c1cccc(C(F)(F)F)c1. The molecule has 0 unspecified atom stereocenters. The number of sulfonamides is 1. The molecule has 2 saturated carbocycles. The van der Waals surface area contributed by atoms with Gasteiger partial charge in [-0.2, -0.15) is 13.2 Å². The van der Waals surface area contributed by atoms with E-state index < -0.39 is 34.2 Å². The van der Waals surface area contributed by atoms with Crippen molar-refractivity contribution >= 4 is 21.6 Å². The lowest BCUT2D eigenvalue weighted by molar-refractivity contribution is -0.137. The largest absolute Gasteiger partial charge is 0.416 e. The van der Waals surface area contributed by atoms with Crippen molar-refractivity contribution in [2.45, 2.75) is 37.9 Å². The molecule has 3 atom stereocenters. The van der Waals surface area contributed by atoms with Crippen molar-refractivity contribution in [3.05, 3.63) is 29.8 Å². The number of fused-ring (bicyclic) bond motifs is 2. The molecule has 0 heterocycles. The molecule has 0 spiro atoms. The van der Waals surface area contributed by atoms with Crippen LogP contribution in [0.2, 0.25) is 0 Å². The van der Waals surface area contributed by atoms with Crippen molar-refractivity contribution in [2.75, 3.05) is 17.1 Å². The summed E-state index contributed by atoms with van der Waals surface area (Å²) in [7, 11) is -3.91. The van der Waals surface area contributed by atoms with Crippen molar-refractivity contribution in [1.29, 1.82) is 0 Å². The molecule has 1 aromatic rings. The van der Waals surface area contributed by atoms with Gasteiger partial charge >= 0.3 is 6.18 Å². The van der Waals surface area contributed by atoms with Gasteiger partial charge in [0.15, 0.2) is 0 Å². The van der Waals surface area contributed by atoms with Gasteiger partial charge in [0, 0.05) is 6.04 Å². The summed E-state index contributed by atoms with van der Waals surface area (Å²) in [6, 6.07) is 4.01. The number of carbonyl (C=O) groups is 1. The Bertz CT molecular complexity index is 795. The maximum Gasteiger partial charge on any atom is 0.416 e. The molecule has 2 bridgehead atoms. The van der Waals surface area contributed by atoms with E-state index in [1.54, 1.807) is 0 Å². The second kappa shape index (κ2) is 6.75. The van der Waals surface area contributed by atoms with Gasteiger partial charge in [-0.1, -0.05) is 12.5 Å². The zero-order valence-electron chi connectivity index (χ0n) is 14.3. The topological polar surface area (TPSA) is 66.5 Å². The van der Waals surface area contributed by atoms with Gasteiger partial charge in [0.25, 0.3) is 0 Å². The summed E-state index contributed by atoms with van der Waals surface area (Å²) in [5.74, 6) is 0.536. The molecule has 1 aromatic carbocycles. The van der Waals surface area contributed by atoms with E-state index in [0.29, 0.717) is 16.1 Å². The molecular weight excluding hydrogens is 369 g/mol. The van der Waals surface area contributed by atoms with Crippen molar-refractivity contribution in [2.24, 2.45) is 11.8 Å². The van der Waals surface area contributed by atoms with E-state index in [4.69, 9.17) is 0 Å². The zero-order valence-corrected chi connectivity index (χ0v) is 15.1. The lowest BCUT2D eigenvalue weighted by atomic mass is 9.95. The lowest BCUT2D eigenvalue weighted by Gasteiger charge is -2.26. The fraction of sp³-hybridized carbons (Fsp3) is 0.588. The number of rotatable bonds is 5. The number of nitrogens with one attached hydrogen (secondary N) is 1. The van der Waals surface area contributed by atoms with E-state index >= 15 is 0 Å². The lowest BCUT2D eigenvalue weighted by Crippen LogP contribution is -2.45. The number of nitrogens with zero attached hydrogens (tertiary/aromatic N) is 1. The number of alkyl halides is 3. The standard InChI is InChI=1S/C17H21F3N2O3S/c1-26(24,25)22(14-4-2-3-13(9-14)17(18,19)20)10-16(23)21-15-8-11-5-6-12(15)7-11/h2-4,9,11-12,15H,5-8,10H2,1H3,(H,21,23)/t11-,12-,15-/m0/s1. The fourth-order valence-corrected chi connectivity index (χ4v) is 4.89. The minimum absolute atomic E-state index is 0.0316. The van der Waals surface area contributed by atoms with Gasteiger partial charge in [0.05, 0.1) is 17.5 Å². The van der Waals surface area contributed by atoms with Gasteiger partial charge in [-0.25, -0.2) is 8.42 Å². The summed E-state index contributed by atoms with van der Waals surface area (Å²) >= 11 is 0. The molecule has 9 heteroatoms. The molecule has 1 N–H and O–H groups in total. The van der Waals surface area contributed by atoms with Gasteiger partial charge < -0.3 is 5.32 Å². The van der Waals surface area contributed by atoms with E-state index in [1.807, 2.05) is 0 Å². The number of amides is 1. The van der Waals surface area contributed by atoms with E-state index in [-0.39, 0.29) is 11.7 Å².